The van der Waals surface area contributed by atoms with Crippen LogP contribution in [-0.2, 0) is 16.1 Å². The summed E-state index contributed by atoms with van der Waals surface area (Å²) < 4.78 is 24.0. The van der Waals surface area contributed by atoms with Gasteiger partial charge < -0.3 is 28.4 Å². The quantitative estimate of drug-likeness (QED) is 0.309. The third-order valence-corrected chi connectivity index (χ3v) is 7.61. The summed E-state index contributed by atoms with van der Waals surface area (Å²) in [5.74, 6) is 1.74. The van der Waals surface area contributed by atoms with E-state index in [1.54, 1.807) is 46.9 Å². The predicted octanol–water partition coefficient (Wildman–Crippen LogP) is 4.99. The van der Waals surface area contributed by atoms with Gasteiger partial charge in [0, 0.05) is 24.5 Å². The van der Waals surface area contributed by atoms with E-state index in [4.69, 9.17) is 18.9 Å². The smallest absolute Gasteiger partial charge is 0.243 e. The summed E-state index contributed by atoms with van der Waals surface area (Å²) >= 11 is 0. The van der Waals surface area contributed by atoms with Crippen molar-refractivity contribution in [3.8, 4) is 23.0 Å². The minimum atomic E-state index is -0.574. The zero-order valence-electron chi connectivity index (χ0n) is 23.3. The van der Waals surface area contributed by atoms with Crippen molar-refractivity contribution in [2.24, 2.45) is 5.92 Å². The second-order valence-corrected chi connectivity index (χ2v) is 9.87. The second kappa shape index (κ2) is 11.3. The van der Waals surface area contributed by atoms with Crippen molar-refractivity contribution in [1.29, 1.82) is 0 Å². The van der Waals surface area contributed by atoms with E-state index in [1.807, 2.05) is 64.9 Å². The van der Waals surface area contributed by atoms with Crippen LogP contribution < -0.4 is 18.9 Å². The van der Waals surface area contributed by atoms with Crippen LogP contribution in [0.25, 0.3) is 11.0 Å². The predicted molar refractivity (Wildman–Crippen MR) is 150 cm³/mol. The van der Waals surface area contributed by atoms with Crippen molar-refractivity contribution < 1.29 is 28.5 Å². The summed E-state index contributed by atoms with van der Waals surface area (Å²) in [5.41, 5.74) is 3.16. The number of rotatable bonds is 8. The van der Waals surface area contributed by atoms with Crippen LogP contribution in [-0.4, -0.2) is 54.6 Å². The van der Waals surface area contributed by atoms with Crippen molar-refractivity contribution in [2.75, 3.05) is 28.4 Å². The third-order valence-electron chi connectivity index (χ3n) is 7.61. The fourth-order valence-corrected chi connectivity index (χ4v) is 5.53. The molecule has 4 aromatic rings. The number of methoxy groups -OCH3 is 4. The van der Waals surface area contributed by atoms with Crippen LogP contribution >= 0.6 is 0 Å². The SMILES string of the molecule is COc1cc(OC)cc(C2CC(=O)C(C)C(c3cc(OC)cc(OC)c3)N2C(=O)Cn2cnc3ccccc32)c1. The molecular formula is C31H33N3O6. The second-order valence-electron chi connectivity index (χ2n) is 9.87. The lowest BCUT2D eigenvalue weighted by atomic mass is 9.79. The minimum absolute atomic E-state index is 0.0516. The molecule has 1 aliphatic heterocycles. The van der Waals surface area contributed by atoms with E-state index in [1.165, 1.54) is 0 Å². The van der Waals surface area contributed by atoms with Gasteiger partial charge in [-0.3, -0.25) is 9.59 Å². The molecule has 0 N–H and O–H groups in total. The number of hydrogen-bond acceptors (Lipinski definition) is 7. The van der Waals surface area contributed by atoms with Gasteiger partial charge >= 0.3 is 0 Å². The summed E-state index contributed by atoms with van der Waals surface area (Å²) in [4.78, 5) is 34.2. The number of benzene rings is 3. The number of carbonyl (C=O) groups excluding carboxylic acids is 2. The molecule has 5 rings (SSSR count). The molecule has 9 nitrogen and oxygen atoms in total. The first-order valence-electron chi connectivity index (χ1n) is 13.1. The van der Waals surface area contributed by atoms with Crippen LogP contribution in [0.3, 0.4) is 0 Å². The van der Waals surface area contributed by atoms with E-state index in [2.05, 4.69) is 4.98 Å². The third kappa shape index (κ3) is 5.06. The van der Waals surface area contributed by atoms with Crippen molar-refractivity contribution >= 4 is 22.7 Å². The molecule has 2 heterocycles. The standard InChI is InChI=1S/C31H33N3O6/c1-19-29(35)16-28(20-10-22(37-2)14-23(11-20)38-3)34(31(19)21-12-24(39-4)15-25(13-21)40-5)30(36)17-33-18-32-26-8-6-7-9-27(26)33/h6-15,18-19,28,31H,16-17H2,1-5H3. The summed E-state index contributed by atoms with van der Waals surface area (Å²) in [6, 6.07) is 17.5. The normalized spacial score (nSPS) is 19.0. The first-order chi connectivity index (χ1) is 19.4. The number of amides is 1. The Balaban J connectivity index is 1.66. The Labute approximate surface area is 233 Å². The van der Waals surface area contributed by atoms with Crippen LogP contribution in [0.2, 0.25) is 0 Å². The molecule has 208 valence electrons. The molecule has 0 bridgehead atoms. The van der Waals surface area contributed by atoms with Gasteiger partial charge in [-0.2, -0.15) is 0 Å². The fourth-order valence-electron chi connectivity index (χ4n) is 5.53. The van der Waals surface area contributed by atoms with Gasteiger partial charge in [0.2, 0.25) is 5.91 Å². The van der Waals surface area contributed by atoms with Crippen molar-refractivity contribution in [3.63, 3.8) is 0 Å². The first kappa shape index (κ1) is 27.1. The molecule has 1 saturated heterocycles. The fraction of sp³-hybridized carbons (Fsp3) is 0.323. The maximum absolute atomic E-state index is 14.4. The zero-order valence-corrected chi connectivity index (χ0v) is 23.3. The monoisotopic (exact) mass is 543 g/mol. The lowest BCUT2D eigenvalue weighted by molar-refractivity contribution is -0.147. The van der Waals surface area contributed by atoms with E-state index in [0.717, 1.165) is 22.2 Å². The highest BCUT2D eigenvalue weighted by Crippen LogP contribution is 2.46. The van der Waals surface area contributed by atoms with Crippen LogP contribution in [0.5, 0.6) is 23.0 Å². The molecule has 0 radical (unpaired) electrons. The Bertz CT molecular complexity index is 1500. The molecule has 9 heteroatoms. The van der Waals surface area contributed by atoms with Crippen molar-refractivity contribution in [2.45, 2.75) is 32.0 Å². The van der Waals surface area contributed by atoms with Gasteiger partial charge in [-0.05, 0) is 47.5 Å². The molecule has 1 aliphatic rings. The molecule has 1 fully saturated rings. The summed E-state index contributed by atoms with van der Waals surface area (Å²) in [6.07, 6.45) is 1.83. The Kier molecular flexibility index (Phi) is 7.64. The molecule has 1 amide bonds. The van der Waals surface area contributed by atoms with Crippen LogP contribution in [0.4, 0.5) is 0 Å². The van der Waals surface area contributed by atoms with Gasteiger partial charge in [-0.1, -0.05) is 19.1 Å². The topological polar surface area (TPSA) is 92.1 Å². The van der Waals surface area contributed by atoms with Crippen LogP contribution in [0, 0.1) is 5.92 Å². The molecule has 3 aromatic carbocycles. The maximum Gasteiger partial charge on any atom is 0.243 e. The van der Waals surface area contributed by atoms with E-state index in [0.29, 0.717) is 23.0 Å². The summed E-state index contributed by atoms with van der Waals surface area (Å²) in [5, 5.41) is 0. The number of piperidine rings is 1. The lowest BCUT2D eigenvalue weighted by Gasteiger charge is -2.45. The number of ether oxygens (including phenoxy) is 4. The summed E-state index contributed by atoms with van der Waals surface area (Å²) in [6.45, 7) is 1.92. The number of imidazole rings is 1. The number of para-hydroxylation sites is 2. The molecule has 3 unspecified atom stereocenters. The first-order valence-corrected chi connectivity index (χ1v) is 13.1. The molecule has 1 aromatic heterocycles. The lowest BCUT2D eigenvalue weighted by Crippen LogP contribution is -2.48. The van der Waals surface area contributed by atoms with E-state index in [-0.39, 0.29) is 24.7 Å². The van der Waals surface area contributed by atoms with Gasteiger partial charge in [-0.15, -0.1) is 0 Å². The maximum atomic E-state index is 14.4. The van der Waals surface area contributed by atoms with Gasteiger partial charge in [0.1, 0.15) is 35.3 Å². The highest BCUT2D eigenvalue weighted by molar-refractivity contribution is 5.88. The van der Waals surface area contributed by atoms with Crippen molar-refractivity contribution in [3.05, 3.63) is 78.1 Å². The minimum Gasteiger partial charge on any atom is -0.497 e. The average Bonchev–Trinajstić information content (AvgIpc) is 3.39. The molecule has 0 saturated carbocycles. The van der Waals surface area contributed by atoms with Crippen LogP contribution in [0.15, 0.2) is 67.0 Å². The number of nitrogens with zero attached hydrogens (tertiary/aromatic N) is 3. The molecule has 0 aliphatic carbocycles. The number of fused-ring (bicyclic) bond motifs is 1. The Morgan fingerprint density at radius 2 is 1.40 bits per heavy atom. The molecular weight excluding hydrogens is 510 g/mol. The Morgan fingerprint density at radius 3 is 1.98 bits per heavy atom. The van der Waals surface area contributed by atoms with Gasteiger partial charge in [0.15, 0.2) is 0 Å². The Morgan fingerprint density at radius 1 is 0.850 bits per heavy atom. The van der Waals surface area contributed by atoms with Crippen molar-refractivity contribution in [1.82, 2.24) is 14.5 Å². The number of aromatic nitrogens is 2. The number of Topliss-reactive ketones (excluding diaryl/α,β-unsaturated/α-hetero) is 1. The average molecular weight is 544 g/mol. The highest BCUT2D eigenvalue weighted by atomic mass is 16.5. The largest absolute Gasteiger partial charge is 0.497 e. The van der Waals surface area contributed by atoms with Crippen LogP contribution in [0.1, 0.15) is 36.6 Å². The highest BCUT2D eigenvalue weighted by Gasteiger charge is 2.44. The zero-order chi connectivity index (χ0) is 28.4. The summed E-state index contributed by atoms with van der Waals surface area (Å²) in [7, 11) is 6.30. The van der Waals surface area contributed by atoms with Gasteiger partial charge in [-0.25, -0.2) is 4.98 Å². The molecule has 3 atom stereocenters. The number of carbonyl (C=O) groups is 2. The number of ketones is 1. The molecule has 0 spiro atoms. The van der Waals surface area contributed by atoms with E-state index >= 15 is 0 Å². The van der Waals surface area contributed by atoms with E-state index in [9.17, 15) is 9.59 Å². The van der Waals surface area contributed by atoms with Gasteiger partial charge in [0.25, 0.3) is 0 Å². The van der Waals surface area contributed by atoms with E-state index < -0.39 is 18.0 Å². The number of likely N-dealkylation sites (tertiary alicyclic amines) is 1. The Hall–Kier alpha value is -4.53. The number of hydrogen-bond donors (Lipinski definition) is 0. The molecule has 40 heavy (non-hydrogen) atoms. The van der Waals surface area contributed by atoms with Gasteiger partial charge in [0.05, 0.1) is 57.9 Å².